The van der Waals surface area contributed by atoms with Crippen molar-refractivity contribution in [3.05, 3.63) is 53.4 Å². The highest BCUT2D eigenvalue weighted by atomic mass is 35.5. The average Bonchev–Trinajstić information content (AvgIpc) is 3.05. The molecule has 0 aliphatic rings. The lowest BCUT2D eigenvalue weighted by Gasteiger charge is -2.08. The molecule has 0 bridgehead atoms. The fourth-order valence-corrected chi connectivity index (χ4v) is 2.69. The van der Waals surface area contributed by atoms with Crippen LogP contribution in [-0.2, 0) is 0 Å². The summed E-state index contributed by atoms with van der Waals surface area (Å²) in [6.45, 7) is 0. The van der Waals surface area contributed by atoms with Gasteiger partial charge in [-0.1, -0.05) is 23.7 Å². The molecule has 0 aliphatic heterocycles. The highest BCUT2D eigenvalue weighted by Gasteiger charge is 2.16. The van der Waals surface area contributed by atoms with Crippen molar-refractivity contribution in [1.29, 1.82) is 0 Å². The number of carbonyl (C=O) groups excluding carboxylic acids is 2. The van der Waals surface area contributed by atoms with E-state index >= 15 is 0 Å². The molecule has 0 saturated heterocycles. The predicted molar refractivity (Wildman–Crippen MR) is 100 cm³/mol. The fraction of sp³-hybridized carbons (Fsp3) is 0.0588. The lowest BCUT2D eigenvalue weighted by atomic mass is 10.1. The van der Waals surface area contributed by atoms with Gasteiger partial charge in [-0.3, -0.25) is 4.79 Å². The first-order chi connectivity index (χ1) is 12.9. The van der Waals surface area contributed by atoms with E-state index in [0.717, 1.165) is 5.56 Å². The van der Waals surface area contributed by atoms with Crippen molar-refractivity contribution in [1.82, 2.24) is 14.8 Å². The van der Waals surface area contributed by atoms with Crippen LogP contribution in [0.3, 0.4) is 0 Å². The molecule has 0 atom stereocenters. The molecule has 3 rings (SSSR count). The summed E-state index contributed by atoms with van der Waals surface area (Å²) in [6.07, 6.45) is 2.94. The molecule has 3 amide bonds. The second-order valence-corrected chi connectivity index (χ2v) is 5.85. The number of primary amides is 2. The van der Waals surface area contributed by atoms with Crippen LogP contribution in [0, 0.1) is 0 Å². The Morgan fingerprint density at radius 2 is 2.04 bits per heavy atom. The molecule has 0 radical (unpaired) electrons. The molecule has 0 saturated carbocycles. The maximum absolute atomic E-state index is 11.6. The topological polar surface area (TPSA) is 138 Å². The number of hydrogen-bond donors (Lipinski definition) is 3. The summed E-state index contributed by atoms with van der Waals surface area (Å²) in [5, 5.41) is 6.90. The van der Waals surface area contributed by atoms with Crippen LogP contribution in [0.4, 0.5) is 10.5 Å². The number of methoxy groups -OCH3 is 1. The molecule has 138 valence electrons. The Kier molecular flexibility index (Phi) is 4.95. The minimum atomic E-state index is -0.832. The molecule has 27 heavy (non-hydrogen) atoms. The van der Waals surface area contributed by atoms with E-state index in [0.29, 0.717) is 22.2 Å². The SMILES string of the molecule is COc1cc(-c2cccc(-n3cc(NC(N)=O)c(C(N)=O)n3)c2)c(Cl)cn1. The quantitative estimate of drug-likeness (QED) is 0.616. The summed E-state index contributed by atoms with van der Waals surface area (Å²) >= 11 is 6.25. The molecular weight excluding hydrogens is 372 g/mol. The number of nitrogens with two attached hydrogens (primary N) is 2. The van der Waals surface area contributed by atoms with Crippen LogP contribution in [0.5, 0.6) is 5.88 Å². The van der Waals surface area contributed by atoms with Gasteiger partial charge in [-0.2, -0.15) is 5.10 Å². The van der Waals surface area contributed by atoms with Gasteiger partial charge in [-0.25, -0.2) is 14.5 Å². The Labute approximate surface area is 158 Å². The van der Waals surface area contributed by atoms with Crippen LogP contribution in [-0.4, -0.2) is 33.8 Å². The summed E-state index contributed by atoms with van der Waals surface area (Å²) in [4.78, 5) is 26.7. The zero-order valence-corrected chi connectivity index (χ0v) is 14.9. The Morgan fingerprint density at radius 1 is 1.26 bits per heavy atom. The number of amides is 3. The number of aromatic nitrogens is 3. The van der Waals surface area contributed by atoms with E-state index in [1.165, 1.54) is 24.2 Å². The Hall–Kier alpha value is -3.59. The molecule has 2 heterocycles. The number of anilines is 1. The number of rotatable bonds is 5. The lowest BCUT2D eigenvalue weighted by molar-refractivity contribution is 0.0996. The van der Waals surface area contributed by atoms with Gasteiger partial charge in [0.25, 0.3) is 5.91 Å². The average molecular weight is 387 g/mol. The van der Waals surface area contributed by atoms with Gasteiger partial charge in [0.1, 0.15) is 0 Å². The molecule has 5 N–H and O–H groups in total. The second-order valence-electron chi connectivity index (χ2n) is 5.45. The number of urea groups is 1. The number of carbonyl (C=O) groups is 2. The van der Waals surface area contributed by atoms with Crippen molar-refractivity contribution < 1.29 is 14.3 Å². The third-order valence-corrected chi connectivity index (χ3v) is 3.97. The molecule has 0 aliphatic carbocycles. The number of pyridine rings is 1. The first-order valence-electron chi connectivity index (χ1n) is 7.65. The van der Waals surface area contributed by atoms with Crippen molar-refractivity contribution in [2.24, 2.45) is 11.5 Å². The van der Waals surface area contributed by atoms with Crippen molar-refractivity contribution in [2.75, 3.05) is 12.4 Å². The zero-order valence-electron chi connectivity index (χ0n) is 14.1. The normalized spacial score (nSPS) is 10.4. The summed E-state index contributed by atoms with van der Waals surface area (Å²) < 4.78 is 6.54. The molecule has 0 fully saturated rings. The molecule has 9 nitrogen and oxygen atoms in total. The van der Waals surface area contributed by atoms with Crippen molar-refractivity contribution in [2.45, 2.75) is 0 Å². The predicted octanol–water partition coefficient (Wildman–Crippen LogP) is 2.19. The number of nitrogens with zero attached hydrogens (tertiary/aromatic N) is 3. The summed E-state index contributed by atoms with van der Waals surface area (Å²) in [6, 6.07) is 8.08. The van der Waals surface area contributed by atoms with Crippen LogP contribution < -0.4 is 21.5 Å². The van der Waals surface area contributed by atoms with E-state index in [1.54, 1.807) is 24.3 Å². The van der Waals surface area contributed by atoms with Crippen molar-refractivity contribution in [3.8, 4) is 22.7 Å². The maximum atomic E-state index is 11.6. The van der Waals surface area contributed by atoms with E-state index in [-0.39, 0.29) is 11.4 Å². The first kappa shape index (κ1) is 18.2. The number of halogens is 1. The van der Waals surface area contributed by atoms with Gasteiger partial charge in [0.2, 0.25) is 5.88 Å². The Morgan fingerprint density at radius 3 is 2.70 bits per heavy atom. The molecule has 10 heteroatoms. The highest BCUT2D eigenvalue weighted by molar-refractivity contribution is 6.33. The minimum absolute atomic E-state index is 0.109. The van der Waals surface area contributed by atoms with Gasteiger partial charge in [-0.15, -0.1) is 0 Å². The van der Waals surface area contributed by atoms with Crippen molar-refractivity contribution >= 4 is 29.2 Å². The number of benzene rings is 1. The summed E-state index contributed by atoms with van der Waals surface area (Å²) in [5.41, 5.74) is 12.5. The van der Waals surface area contributed by atoms with E-state index in [4.69, 9.17) is 27.8 Å². The van der Waals surface area contributed by atoms with Gasteiger partial charge in [-0.05, 0) is 17.7 Å². The molecular formula is C17H15ClN6O3. The van der Waals surface area contributed by atoms with Crippen molar-refractivity contribution in [3.63, 3.8) is 0 Å². The monoisotopic (exact) mass is 386 g/mol. The van der Waals surface area contributed by atoms with Gasteiger partial charge in [0.15, 0.2) is 5.69 Å². The van der Waals surface area contributed by atoms with Gasteiger partial charge in [0, 0.05) is 11.6 Å². The van der Waals surface area contributed by atoms with Crippen LogP contribution in [0.2, 0.25) is 5.02 Å². The van der Waals surface area contributed by atoms with Gasteiger partial charge in [0.05, 0.1) is 35.9 Å². The van der Waals surface area contributed by atoms with Gasteiger partial charge < -0.3 is 21.5 Å². The standard InChI is InChI=1S/C17H15ClN6O3/c1-27-14-6-11(12(18)7-21-14)9-3-2-4-10(5-9)24-8-13(22-17(20)26)15(23-24)16(19)25/h2-8H,1H3,(H2,19,25)(H3,20,22,26). The third-order valence-electron chi connectivity index (χ3n) is 3.67. The first-order valence-corrected chi connectivity index (χ1v) is 8.03. The van der Waals surface area contributed by atoms with E-state index in [9.17, 15) is 9.59 Å². The molecule has 0 unspecified atom stereocenters. The largest absolute Gasteiger partial charge is 0.481 e. The maximum Gasteiger partial charge on any atom is 0.316 e. The summed E-state index contributed by atoms with van der Waals surface area (Å²) in [7, 11) is 1.51. The number of nitrogens with one attached hydrogen (secondary N) is 1. The highest BCUT2D eigenvalue weighted by Crippen LogP contribution is 2.31. The lowest BCUT2D eigenvalue weighted by Crippen LogP contribution is -2.22. The minimum Gasteiger partial charge on any atom is -0.481 e. The Balaban J connectivity index is 2.06. The van der Waals surface area contributed by atoms with Gasteiger partial charge >= 0.3 is 6.03 Å². The fourth-order valence-electron chi connectivity index (χ4n) is 2.48. The molecule has 3 aromatic rings. The third kappa shape index (κ3) is 3.82. The Bertz CT molecular complexity index is 1030. The molecule has 0 spiro atoms. The van der Waals surface area contributed by atoms with E-state index in [2.05, 4.69) is 15.4 Å². The van der Waals surface area contributed by atoms with Crippen LogP contribution in [0.1, 0.15) is 10.5 Å². The second kappa shape index (κ2) is 7.34. The van der Waals surface area contributed by atoms with Crippen LogP contribution >= 0.6 is 11.6 Å². The molecule has 1 aromatic carbocycles. The number of hydrogen-bond acceptors (Lipinski definition) is 5. The van der Waals surface area contributed by atoms with Crippen LogP contribution in [0.25, 0.3) is 16.8 Å². The molecule has 2 aromatic heterocycles. The summed E-state index contributed by atoms with van der Waals surface area (Å²) in [5.74, 6) is -0.376. The van der Waals surface area contributed by atoms with Crippen LogP contribution in [0.15, 0.2) is 42.7 Å². The van der Waals surface area contributed by atoms with E-state index < -0.39 is 11.9 Å². The zero-order chi connectivity index (χ0) is 19.6. The number of ether oxygens (including phenoxy) is 1. The smallest absolute Gasteiger partial charge is 0.316 e. The van der Waals surface area contributed by atoms with E-state index in [1.807, 2.05) is 6.07 Å².